The maximum Gasteiger partial charge on any atom is 0.220 e. The van der Waals surface area contributed by atoms with E-state index in [2.05, 4.69) is 44.6 Å². The van der Waals surface area contributed by atoms with E-state index in [0.29, 0.717) is 13.0 Å². The van der Waals surface area contributed by atoms with Gasteiger partial charge in [-0.05, 0) is 45.2 Å². The Hall–Kier alpha value is -0.396. The van der Waals surface area contributed by atoms with Crippen molar-refractivity contribution < 1.29 is 8.91 Å². The van der Waals surface area contributed by atoms with Crippen molar-refractivity contribution in [2.45, 2.75) is 174 Å². The van der Waals surface area contributed by atoms with Gasteiger partial charge in [-0.1, -0.05) is 128 Å². The van der Waals surface area contributed by atoms with Gasteiger partial charge >= 0.3 is 0 Å². The minimum Gasteiger partial charge on any atom is -0.456 e. The van der Waals surface area contributed by atoms with Crippen LogP contribution in [0.25, 0.3) is 0 Å². The van der Waals surface area contributed by atoms with Crippen LogP contribution in [0.5, 0.6) is 0 Å². The molecule has 0 unspecified atom stereocenters. The first-order valence-electron chi connectivity index (χ1n) is 15.7. The van der Waals surface area contributed by atoms with Crippen molar-refractivity contribution in [3.8, 4) is 0 Å². The van der Waals surface area contributed by atoms with E-state index in [4.69, 9.17) is 4.12 Å². The lowest BCUT2D eigenvalue weighted by Crippen LogP contribution is -2.42. The van der Waals surface area contributed by atoms with Crippen LogP contribution in [0.4, 0.5) is 0 Å². The molecule has 36 heavy (non-hydrogen) atoms. The summed E-state index contributed by atoms with van der Waals surface area (Å²) >= 11 is 0. The molecule has 0 rings (SSSR count). The molecule has 0 aromatic carbocycles. The molecular formula is C31H65NO2Si2. The molecular weight excluding hydrogens is 475 g/mol. The predicted octanol–water partition coefficient (Wildman–Crippen LogP) is 10.5. The maximum atomic E-state index is 11.5. The van der Waals surface area contributed by atoms with Crippen LogP contribution >= 0.6 is 0 Å². The molecule has 0 aliphatic carbocycles. The number of hydrogen-bond donors (Lipinski definition) is 1. The number of amides is 1. The predicted molar refractivity (Wildman–Crippen MR) is 167 cm³/mol. The summed E-state index contributed by atoms with van der Waals surface area (Å²) in [6.07, 6.45) is 30.0. The normalized spacial score (nSPS) is 12.1. The number of rotatable bonds is 27. The van der Waals surface area contributed by atoms with Crippen molar-refractivity contribution in [3.05, 3.63) is 12.7 Å². The van der Waals surface area contributed by atoms with Crippen molar-refractivity contribution in [2.24, 2.45) is 0 Å². The van der Waals surface area contributed by atoms with Gasteiger partial charge in [-0.15, -0.1) is 6.58 Å². The van der Waals surface area contributed by atoms with Gasteiger partial charge in [-0.25, -0.2) is 0 Å². The Labute approximate surface area is 229 Å². The first kappa shape index (κ1) is 35.6. The Morgan fingerprint density at radius 2 is 0.944 bits per heavy atom. The summed E-state index contributed by atoms with van der Waals surface area (Å²) in [5.41, 5.74) is 0. The quantitative estimate of drug-likeness (QED) is 0.0640. The summed E-state index contributed by atoms with van der Waals surface area (Å²) in [4.78, 5) is 11.5. The summed E-state index contributed by atoms with van der Waals surface area (Å²) < 4.78 is 6.45. The lowest BCUT2D eigenvalue weighted by Gasteiger charge is -2.31. The van der Waals surface area contributed by atoms with E-state index in [9.17, 15) is 4.79 Å². The molecule has 0 heterocycles. The second kappa shape index (κ2) is 23.7. The molecule has 0 aliphatic heterocycles. The van der Waals surface area contributed by atoms with Gasteiger partial charge in [0, 0.05) is 13.0 Å². The zero-order valence-corrected chi connectivity index (χ0v) is 27.4. The third-order valence-electron chi connectivity index (χ3n) is 6.96. The average Bonchev–Trinajstić information content (AvgIpc) is 2.79. The molecule has 0 radical (unpaired) electrons. The van der Waals surface area contributed by atoms with Crippen molar-refractivity contribution in [3.63, 3.8) is 0 Å². The number of nitrogens with one attached hydrogen (secondary N) is 1. The van der Waals surface area contributed by atoms with Crippen molar-refractivity contribution in [1.82, 2.24) is 5.32 Å². The van der Waals surface area contributed by atoms with E-state index in [1.807, 2.05) is 0 Å². The van der Waals surface area contributed by atoms with Gasteiger partial charge in [0.25, 0.3) is 0 Å². The first-order chi connectivity index (χ1) is 17.2. The fraction of sp³-hybridized carbons (Fsp3) is 0.903. The largest absolute Gasteiger partial charge is 0.456 e. The second-order valence-electron chi connectivity index (χ2n) is 12.6. The van der Waals surface area contributed by atoms with Crippen LogP contribution in [0.15, 0.2) is 12.7 Å². The van der Waals surface area contributed by atoms with Crippen LogP contribution in [0, 0.1) is 0 Å². The molecule has 0 bridgehead atoms. The Balaban J connectivity index is 3.21. The second-order valence-corrected chi connectivity index (χ2v) is 21.7. The molecule has 3 nitrogen and oxygen atoms in total. The highest BCUT2D eigenvalue weighted by molar-refractivity contribution is 6.84. The standard InChI is InChI=1S/C31H65NO2Si2/c1-7-29-32-31(33)28-26-24-22-20-18-16-14-12-10-8-9-11-13-15-17-19-21-23-25-27-30-36(5,6)34-35(2,3)4/h7H,1,8-30H2,2-6H3,(H,32,33). The average molecular weight is 540 g/mol. The Morgan fingerprint density at radius 1 is 0.611 bits per heavy atom. The molecule has 0 spiro atoms. The molecule has 0 aromatic rings. The number of carbonyl (C=O) groups is 1. The summed E-state index contributed by atoms with van der Waals surface area (Å²) in [5, 5.41) is 2.84. The van der Waals surface area contributed by atoms with Gasteiger partial charge in [-0.2, -0.15) is 0 Å². The van der Waals surface area contributed by atoms with Gasteiger partial charge in [0.2, 0.25) is 5.91 Å². The Kier molecular flexibility index (Phi) is 23.4. The lowest BCUT2D eigenvalue weighted by atomic mass is 10.0. The van der Waals surface area contributed by atoms with Crippen molar-refractivity contribution in [2.75, 3.05) is 6.54 Å². The number of hydrogen-bond acceptors (Lipinski definition) is 2. The first-order valence-corrected chi connectivity index (χ1v) is 22.3. The minimum absolute atomic E-state index is 0.168. The van der Waals surface area contributed by atoms with Gasteiger partial charge < -0.3 is 9.43 Å². The van der Waals surface area contributed by atoms with E-state index >= 15 is 0 Å². The van der Waals surface area contributed by atoms with Crippen molar-refractivity contribution in [1.29, 1.82) is 0 Å². The zero-order valence-electron chi connectivity index (χ0n) is 25.4. The van der Waals surface area contributed by atoms with Gasteiger partial charge in [0.1, 0.15) is 0 Å². The molecule has 0 saturated carbocycles. The summed E-state index contributed by atoms with van der Waals surface area (Å²) in [5.74, 6) is 0.168. The lowest BCUT2D eigenvalue weighted by molar-refractivity contribution is -0.121. The molecule has 214 valence electrons. The van der Waals surface area contributed by atoms with E-state index in [-0.39, 0.29) is 5.91 Å². The molecule has 1 amide bonds. The summed E-state index contributed by atoms with van der Waals surface area (Å²) in [7, 11) is -2.77. The van der Waals surface area contributed by atoms with Crippen LogP contribution < -0.4 is 5.32 Å². The Morgan fingerprint density at radius 3 is 1.28 bits per heavy atom. The number of unbranched alkanes of at least 4 members (excludes halogenated alkanes) is 19. The molecule has 5 heteroatoms. The Bertz CT molecular complexity index is 517. The minimum atomic E-state index is -1.41. The van der Waals surface area contributed by atoms with Gasteiger partial charge in [0.15, 0.2) is 16.6 Å². The molecule has 0 saturated heterocycles. The van der Waals surface area contributed by atoms with E-state index in [1.54, 1.807) is 6.08 Å². The van der Waals surface area contributed by atoms with Crippen LogP contribution in [0.1, 0.15) is 135 Å². The fourth-order valence-electron chi connectivity index (χ4n) is 5.17. The third-order valence-corrected chi connectivity index (χ3v) is 13.2. The van der Waals surface area contributed by atoms with E-state index < -0.39 is 16.6 Å². The molecule has 0 aromatic heterocycles. The molecule has 0 aliphatic rings. The summed E-state index contributed by atoms with van der Waals surface area (Å²) in [6, 6.07) is 1.34. The van der Waals surface area contributed by atoms with Crippen LogP contribution in [-0.4, -0.2) is 29.1 Å². The van der Waals surface area contributed by atoms with Gasteiger partial charge in [0.05, 0.1) is 0 Å². The molecule has 0 atom stereocenters. The molecule has 1 N–H and O–H groups in total. The van der Waals surface area contributed by atoms with E-state index in [1.165, 1.54) is 128 Å². The highest BCUT2D eigenvalue weighted by Gasteiger charge is 2.28. The molecule has 0 fully saturated rings. The van der Waals surface area contributed by atoms with Crippen molar-refractivity contribution >= 4 is 22.5 Å². The highest BCUT2D eigenvalue weighted by Crippen LogP contribution is 2.22. The fourth-order valence-corrected chi connectivity index (χ4v) is 13.3. The van der Waals surface area contributed by atoms with E-state index in [0.717, 1.165) is 6.42 Å². The third kappa shape index (κ3) is 28.2. The number of carbonyl (C=O) groups excluding carboxylic acids is 1. The zero-order chi connectivity index (χ0) is 27.0. The van der Waals surface area contributed by atoms with Crippen LogP contribution in [0.2, 0.25) is 38.8 Å². The summed E-state index contributed by atoms with van der Waals surface area (Å²) in [6.45, 7) is 16.0. The smallest absolute Gasteiger partial charge is 0.220 e. The van der Waals surface area contributed by atoms with Crippen LogP contribution in [0.3, 0.4) is 0 Å². The monoisotopic (exact) mass is 539 g/mol. The maximum absolute atomic E-state index is 11.5. The topological polar surface area (TPSA) is 38.3 Å². The highest BCUT2D eigenvalue weighted by atomic mass is 28.4. The van der Waals surface area contributed by atoms with Crippen LogP contribution in [-0.2, 0) is 8.91 Å². The SMILES string of the molecule is C=CCNC(=O)CCCCCCCCCCCCCCCCCCCCCC[Si](C)(C)O[Si](C)(C)C. The van der Waals surface area contributed by atoms with Gasteiger partial charge in [-0.3, -0.25) is 4.79 Å².